The molecule has 1 atom stereocenters. The van der Waals surface area contributed by atoms with Crippen molar-refractivity contribution in [2.75, 3.05) is 0 Å². The molecule has 2 heteroatoms. The maximum atomic E-state index is 6.07. The number of nitrogens with one attached hydrogen (secondary N) is 1. The summed E-state index contributed by atoms with van der Waals surface area (Å²) in [7, 11) is 0. The molecule has 80 valence electrons. The van der Waals surface area contributed by atoms with Gasteiger partial charge in [0.1, 0.15) is 6.17 Å². The summed E-state index contributed by atoms with van der Waals surface area (Å²) in [5.41, 5.74) is 8.52. The average molecular weight is 202 g/mol. The van der Waals surface area contributed by atoms with Gasteiger partial charge in [-0.2, -0.15) is 0 Å². The van der Waals surface area contributed by atoms with Crippen LogP contribution < -0.4 is 11.1 Å². The highest BCUT2D eigenvalue weighted by Crippen LogP contribution is 2.17. The van der Waals surface area contributed by atoms with Gasteiger partial charge in [-0.15, -0.1) is 0 Å². The van der Waals surface area contributed by atoms with Gasteiger partial charge in [0.25, 0.3) is 0 Å². The molecule has 3 N–H and O–H groups in total. The number of hydrogen-bond acceptors (Lipinski definition) is 2. The highest BCUT2D eigenvalue weighted by Gasteiger charge is 2.08. The fourth-order valence-electron chi connectivity index (χ4n) is 1.91. The smallest absolute Gasteiger partial charge is 0.100 e. The number of benzene rings is 1. The Bertz CT molecular complexity index is 330. The van der Waals surface area contributed by atoms with Gasteiger partial charge in [0.2, 0.25) is 0 Å². The lowest BCUT2D eigenvalue weighted by Gasteiger charge is -2.20. The zero-order valence-corrected chi connectivity index (χ0v) is 8.95. The van der Waals surface area contributed by atoms with Crippen molar-refractivity contribution in [3.8, 4) is 0 Å². The molecular formula is C13H18N2. The van der Waals surface area contributed by atoms with Crippen molar-refractivity contribution in [3.63, 3.8) is 0 Å². The SMILES string of the molecule is N[C@@H](NC1=CCCCC1)c1ccccc1. The van der Waals surface area contributed by atoms with Crippen LogP contribution in [0.5, 0.6) is 0 Å². The largest absolute Gasteiger partial charge is 0.370 e. The predicted octanol–water partition coefficient (Wildman–Crippen LogP) is 2.69. The third-order valence-corrected chi connectivity index (χ3v) is 2.79. The van der Waals surface area contributed by atoms with Gasteiger partial charge in [0.15, 0.2) is 0 Å². The summed E-state index contributed by atoms with van der Waals surface area (Å²) in [6.07, 6.45) is 7.11. The van der Waals surface area contributed by atoms with Gasteiger partial charge < -0.3 is 11.1 Å². The monoisotopic (exact) mass is 202 g/mol. The van der Waals surface area contributed by atoms with E-state index in [0.29, 0.717) is 0 Å². The van der Waals surface area contributed by atoms with E-state index in [9.17, 15) is 0 Å². The molecular weight excluding hydrogens is 184 g/mol. The first-order chi connectivity index (χ1) is 7.36. The van der Waals surface area contributed by atoms with Gasteiger partial charge in [-0.25, -0.2) is 0 Å². The summed E-state index contributed by atoms with van der Waals surface area (Å²) in [5, 5.41) is 3.37. The Hall–Kier alpha value is -1.28. The second kappa shape index (κ2) is 4.99. The molecule has 1 aliphatic rings. The second-order valence-corrected chi connectivity index (χ2v) is 4.01. The lowest BCUT2D eigenvalue weighted by atomic mass is 10.0. The van der Waals surface area contributed by atoms with Crippen molar-refractivity contribution >= 4 is 0 Å². The van der Waals surface area contributed by atoms with Crippen molar-refractivity contribution in [3.05, 3.63) is 47.7 Å². The first kappa shape index (κ1) is 10.2. The van der Waals surface area contributed by atoms with Gasteiger partial charge >= 0.3 is 0 Å². The van der Waals surface area contributed by atoms with Gasteiger partial charge in [-0.1, -0.05) is 36.4 Å². The Kier molecular flexibility index (Phi) is 3.41. The normalized spacial score (nSPS) is 18.1. The fourth-order valence-corrected chi connectivity index (χ4v) is 1.91. The molecule has 0 aliphatic heterocycles. The van der Waals surface area contributed by atoms with E-state index in [1.807, 2.05) is 18.2 Å². The number of rotatable bonds is 3. The van der Waals surface area contributed by atoms with Crippen LogP contribution in [0, 0.1) is 0 Å². The molecule has 1 aromatic rings. The Balaban J connectivity index is 1.97. The van der Waals surface area contributed by atoms with Gasteiger partial charge in [-0.3, -0.25) is 0 Å². The van der Waals surface area contributed by atoms with Crippen LogP contribution in [0.2, 0.25) is 0 Å². The topological polar surface area (TPSA) is 38.0 Å². The molecule has 2 rings (SSSR count). The van der Waals surface area contributed by atoms with Crippen molar-refractivity contribution in [2.45, 2.75) is 31.8 Å². The van der Waals surface area contributed by atoms with Crippen LogP contribution in [0.15, 0.2) is 42.1 Å². The Morgan fingerprint density at radius 3 is 2.60 bits per heavy atom. The van der Waals surface area contributed by atoms with E-state index in [2.05, 4.69) is 23.5 Å². The highest BCUT2D eigenvalue weighted by molar-refractivity contribution is 5.19. The van der Waals surface area contributed by atoms with Crippen molar-refractivity contribution in [1.29, 1.82) is 0 Å². The summed E-state index contributed by atoms with van der Waals surface area (Å²) >= 11 is 0. The standard InChI is InChI=1S/C13H18N2/c14-13(11-7-3-1-4-8-11)15-12-9-5-2-6-10-12/h1,3-4,7-9,13,15H,2,5-6,10,14H2/t13-/m0/s1. The molecule has 0 aromatic heterocycles. The second-order valence-electron chi connectivity index (χ2n) is 4.01. The van der Waals surface area contributed by atoms with Crippen LogP contribution in [-0.2, 0) is 0 Å². The third kappa shape index (κ3) is 2.83. The molecule has 0 heterocycles. The zero-order chi connectivity index (χ0) is 10.5. The molecule has 0 bridgehead atoms. The first-order valence-corrected chi connectivity index (χ1v) is 5.62. The van der Waals surface area contributed by atoms with E-state index in [1.165, 1.54) is 25.0 Å². The summed E-state index contributed by atoms with van der Waals surface area (Å²) < 4.78 is 0. The Morgan fingerprint density at radius 2 is 1.93 bits per heavy atom. The Morgan fingerprint density at radius 1 is 1.13 bits per heavy atom. The van der Waals surface area contributed by atoms with E-state index in [-0.39, 0.29) is 6.17 Å². The summed E-state index contributed by atoms with van der Waals surface area (Å²) in [4.78, 5) is 0. The van der Waals surface area contributed by atoms with Gasteiger partial charge in [0, 0.05) is 5.70 Å². The minimum Gasteiger partial charge on any atom is -0.370 e. The van der Waals surface area contributed by atoms with Crippen LogP contribution in [0.4, 0.5) is 0 Å². The van der Waals surface area contributed by atoms with E-state index in [0.717, 1.165) is 12.0 Å². The molecule has 15 heavy (non-hydrogen) atoms. The molecule has 0 saturated heterocycles. The number of hydrogen-bond donors (Lipinski definition) is 2. The number of nitrogens with two attached hydrogens (primary N) is 1. The molecule has 1 aliphatic carbocycles. The quantitative estimate of drug-likeness (QED) is 0.739. The van der Waals surface area contributed by atoms with E-state index in [1.54, 1.807) is 0 Å². The van der Waals surface area contributed by atoms with E-state index < -0.39 is 0 Å². The third-order valence-electron chi connectivity index (χ3n) is 2.79. The van der Waals surface area contributed by atoms with Crippen LogP contribution in [0.3, 0.4) is 0 Å². The van der Waals surface area contributed by atoms with Crippen LogP contribution >= 0.6 is 0 Å². The van der Waals surface area contributed by atoms with Crippen molar-refractivity contribution < 1.29 is 0 Å². The van der Waals surface area contributed by atoms with Crippen LogP contribution in [0.1, 0.15) is 37.4 Å². The maximum Gasteiger partial charge on any atom is 0.100 e. The minimum atomic E-state index is -0.0736. The van der Waals surface area contributed by atoms with Gasteiger partial charge in [0.05, 0.1) is 0 Å². The molecule has 0 fully saturated rings. The lowest BCUT2D eigenvalue weighted by Crippen LogP contribution is -2.28. The zero-order valence-electron chi connectivity index (χ0n) is 8.95. The lowest BCUT2D eigenvalue weighted by molar-refractivity contribution is 0.566. The molecule has 0 radical (unpaired) electrons. The first-order valence-electron chi connectivity index (χ1n) is 5.62. The van der Waals surface area contributed by atoms with Crippen LogP contribution in [-0.4, -0.2) is 0 Å². The minimum absolute atomic E-state index is 0.0736. The number of allylic oxidation sites excluding steroid dienone is 2. The summed E-state index contributed by atoms with van der Waals surface area (Å²) in [6, 6.07) is 10.2. The summed E-state index contributed by atoms with van der Waals surface area (Å²) in [6.45, 7) is 0. The summed E-state index contributed by atoms with van der Waals surface area (Å²) in [5.74, 6) is 0. The van der Waals surface area contributed by atoms with Crippen LogP contribution in [0.25, 0.3) is 0 Å². The highest BCUT2D eigenvalue weighted by atomic mass is 15.0. The molecule has 2 nitrogen and oxygen atoms in total. The molecule has 0 saturated carbocycles. The maximum absolute atomic E-state index is 6.07. The molecule has 0 amide bonds. The fraction of sp³-hybridized carbons (Fsp3) is 0.385. The average Bonchev–Trinajstić information content (AvgIpc) is 2.31. The van der Waals surface area contributed by atoms with E-state index >= 15 is 0 Å². The van der Waals surface area contributed by atoms with Crippen molar-refractivity contribution in [2.24, 2.45) is 5.73 Å². The van der Waals surface area contributed by atoms with Gasteiger partial charge in [-0.05, 0) is 31.2 Å². The Labute approximate surface area is 91.2 Å². The van der Waals surface area contributed by atoms with E-state index in [4.69, 9.17) is 5.73 Å². The van der Waals surface area contributed by atoms with Crippen molar-refractivity contribution in [1.82, 2.24) is 5.32 Å². The predicted molar refractivity (Wildman–Crippen MR) is 63.1 cm³/mol. The molecule has 0 spiro atoms. The molecule has 1 aromatic carbocycles. The molecule has 0 unspecified atom stereocenters.